The fourth-order valence-corrected chi connectivity index (χ4v) is 5.89. The average Bonchev–Trinajstić information content (AvgIpc) is 3.62. The third-order valence-corrected chi connectivity index (χ3v) is 8.71. The average molecular weight is 651 g/mol. The molecule has 4 rings (SSSR count). The van der Waals surface area contributed by atoms with Crippen LogP contribution in [0.15, 0.2) is 53.0 Å². The van der Waals surface area contributed by atoms with Crippen LogP contribution in [0.5, 0.6) is 11.5 Å². The Morgan fingerprint density at radius 1 is 1.16 bits per heavy atom. The number of amides is 1. The number of nitrogens with zero attached hydrogens (tertiary/aromatic N) is 4. The van der Waals surface area contributed by atoms with E-state index in [-0.39, 0.29) is 23.3 Å². The molecule has 1 amide bonds. The van der Waals surface area contributed by atoms with Gasteiger partial charge in [-0.05, 0) is 41.8 Å². The van der Waals surface area contributed by atoms with Gasteiger partial charge < -0.3 is 25.0 Å². The number of sulfonamides is 1. The molecule has 5 N–H and O–H groups in total. The summed E-state index contributed by atoms with van der Waals surface area (Å²) in [5, 5.41) is 34.8. The summed E-state index contributed by atoms with van der Waals surface area (Å²) in [6, 6.07) is 8.96. The maximum absolute atomic E-state index is 13.3. The number of hydrogen-bond acceptors (Lipinski definition) is 11. The van der Waals surface area contributed by atoms with Crippen molar-refractivity contribution in [1.29, 1.82) is 0 Å². The fraction of sp³-hybridized carbons (Fsp3) is 0.370. The third-order valence-electron chi connectivity index (χ3n) is 6.37. The van der Waals surface area contributed by atoms with Gasteiger partial charge >= 0.3 is 5.97 Å². The Labute approximate surface area is 255 Å². The number of carbonyl (C=O) groups is 2. The molecule has 14 nitrogen and oxygen atoms in total. The zero-order valence-electron chi connectivity index (χ0n) is 23.7. The second-order valence-corrected chi connectivity index (χ2v) is 12.9. The number of carbonyl (C=O) groups excluding carboxylic acids is 1. The molecule has 2 heterocycles. The predicted molar refractivity (Wildman–Crippen MR) is 156 cm³/mol. The minimum atomic E-state index is -3.93. The van der Waals surface area contributed by atoms with Gasteiger partial charge in [-0.3, -0.25) is 4.79 Å². The number of aliphatic hydroxyl groups excluding tert-OH is 1. The summed E-state index contributed by atoms with van der Waals surface area (Å²) >= 11 is 0.917. The van der Waals surface area contributed by atoms with Gasteiger partial charge in [-0.25, -0.2) is 32.4 Å². The molecular weight excluding hydrogens is 619 g/mol. The summed E-state index contributed by atoms with van der Waals surface area (Å²) in [4.78, 5) is 29.3. The van der Waals surface area contributed by atoms with Gasteiger partial charge in [-0.2, -0.15) is 0 Å². The van der Waals surface area contributed by atoms with Crippen molar-refractivity contribution in [3.8, 4) is 11.5 Å². The van der Waals surface area contributed by atoms with Gasteiger partial charge in [-0.15, -0.1) is 16.4 Å². The van der Waals surface area contributed by atoms with Crippen molar-refractivity contribution in [3.05, 3.63) is 59.9 Å². The van der Waals surface area contributed by atoms with E-state index < -0.39 is 53.4 Å². The second kappa shape index (κ2) is 14.1. The van der Waals surface area contributed by atoms with Crippen molar-refractivity contribution < 1.29 is 42.1 Å². The number of nitrogens with two attached hydrogens (primary N) is 1. The highest BCUT2D eigenvalue weighted by Crippen LogP contribution is 2.28. The van der Waals surface area contributed by atoms with Crippen LogP contribution in [0.25, 0.3) is 10.2 Å². The van der Waals surface area contributed by atoms with Gasteiger partial charge in [0.1, 0.15) is 48.7 Å². The lowest BCUT2D eigenvalue weighted by molar-refractivity contribution is -0.142. The summed E-state index contributed by atoms with van der Waals surface area (Å²) in [5.74, 6) is -1.35. The number of rotatable bonds is 15. The molecule has 0 aliphatic rings. The number of alkyl halides is 1. The first-order chi connectivity index (χ1) is 20.9. The summed E-state index contributed by atoms with van der Waals surface area (Å²) in [7, 11) is -3.93. The SMILES string of the molecule is CC(C)[C@H](C(=O)N[C@@H](Cc1ccc(OC(CO)CF)cc1)C(=O)O)n1cc(COc2ccc3nc(S(N)(=O)=O)sc3c2)nn1. The molecule has 2 aromatic heterocycles. The number of carboxylic acid groups (broad SMARTS) is 1. The number of aromatic nitrogens is 4. The smallest absolute Gasteiger partial charge is 0.326 e. The van der Waals surface area contributed by atoms with Crippen LogP contribution in [0.1, 0.15) is 31.1 Å². The first kappa shape index (κ1) is 32.7. The van der Waals surface area contributed by atoms with E-state index in [2.05, 4.69) is 20.6 Å². The molecule has 3 atom stereocenters. The summed E-state index contributed by atoms with van der Waals surface area (Å²) in [5.41, 5.74) is 1.44. The molecule has 44 heavy (non-hydrogen) atoms. The molecular formula is C27H31FN6O8S2. The minimum absolute atomic E-state index is 0.0133. The Balaban J connectivity index is 1.40. The van der Waals surface area contributed by atoms with Crippen molar-refractivity contribution in [2.75, 3.05) is 13.3 Å². The molecule has 0 fully saturated rings. The normalized spacial score (nSPS) is 13.9. The Morgan fingerprint density at radius 3 is 2.48 bits per heavy atom. The van der Waals surface area contributed by atoms with E-state index in [1.54, 1.807) is 44.2 Å². The zero-order valence-corrected chi connectivity index (χ0v) is 25.3. The van der Waals surface area contributed by atoms with Crippen LogP contribution in [0, 0.1) is 5.92 Å². The van der Waals surface area contributed by atoms with Crippen molar-refractivity contribution >= 4 is 43.5 Å². The molecule has 0 bridgehead atoms. The lowest BCUT2D eigenvalue weighted by Crippen LogP contribution is -2.46. The van der Waals surface area contributed by atoms with Gasteiger partial charge in [0.2, 0.25) is 10.2 Å². The van der Waals surface area contributed by atoms with Gasteiger partial charge in [0.25, 0.3) is 10.0 Å². The van der Waals surface area contributed by atoms with Crippen molar-refractivity contribution in [2.24, 2.45) is 11.1 Å². The number of benzene rings is 2. The van der Waals surface area contributed by atoms with Crippen LogP contribution < -0.4 is 19.9 Å². The predicted octanol–water partition coefficient (Wildman–Crippen LogP) is 1.83. The van der Waals surface area contributed by atoms with Gasteiger partial charge in [0, 0.05) is 6.42 Å². The second-order valence-electron chi connectivity index (χ2n) is 10.1. The van der Waals surface area contributed by atoms with Crippen LogP contribution in [0.3, 0.4) is 0 Å². The summed E-state index contributed by atoms with van der Waals surface area (Å²) < 4.78 is 48.8. The number of aliphatic carboxylic acids is 1. The van der Waals surface area contributed by atoms with Crippen molar-refractivity contribution in [1.82, 2.24) is 25.3 Å². The number of nitrogens with one attached hydrogen (secondary N) is 1. The van der Waals surface area contributed by atoms with Crippen LogP contribution in [-0.4, -0.2) is 75.9 Å². The van der Waals surface area contributed by atoms with Crippen LogP contribution >= 0.6 is 11.3 Å². The van der Waals surface area contributed by atoms with Crippen LogP contribution in [-0.2, 0) is 32.6 Å². The van der Waals surface area contributed by atoms with E-state index in [4.69, 9.17) is 19.7 Å². The maximum atomic E-state index is 13.3. The number of aliphatic hydroxyl groups is 1. The van der Waals surface area contributed by atoms with E-state index in [0.717, 1.165) is 11.3 Å². The molecule has 0 aliphatic carbocycles. The van der Waals surface area contributed by atoms with Gasteiger partial charge in [0.15, 0.2) is 0 Å². The van der Waals surface area contributed by atoms with E-state index in [9.17, 15) is 27.5 Å². The molecule has 0 saturated heterocycles. The highest BCUT2D eigenvalue weighted by Gasteiger charge is 2.30. The van der Waals surface area contributed by atoms with Gasteiger partial charge in [0.05, 0.1) is 23.0 Å². The topological polar surface area (TPSA) is 209 Å². The molecule has 0 spiro atoms. The van der Waals surface area contributed by atoms with Crippen molar-refractivity contribution in [3.63, 3.8) is 0 Å². The first-order valence-electron chi connectivity index (χ1n) is 13.3. The number of carboxylic acids is 1. The summed E-state index contributed by atoms with van der Waals surface area (Å²) in [6.07, 6.45) is 0.503. The van der Waals surface area contributed by atoms with Crippen LogP contribution in [0.2, 0.25) is 0 Å². The molecule has 4 aromatic rings. The third kappa shape index (κ3) is 8.25. The highest BCUT2D eigenvalue weighted by molar-refractivity contribution is 7.91. The van der Waals surface area contributed by atoms with E-state index >= 15 is 0 Å². The molecule has 17 heteroatoms. The van der Waals surface area contributed by atoms with E-state index in [0.29, 0.717) is 33.0 Å². The molecule has 1 unspecified atom stereocenters. The van der Waals surface area contributed by atoms with E-state index in [1.807, 2.05) is 0 Å². The fourth-order valence-electron chi connectivity index (χ4n) is 4.20. The minimum Gasteiger partial charge on any atom is -0.487 e. The van der Waals surface area contributed by atoms with Gasteiger partial charge in [-0.1, -0.05) is 31.2 Å². The molecule has 2 aromatic carbocycles. The first-order valence-corrected chi connectivity index (χ1v) is 15.7. The number of hydrogen-bond donors (Lipinski definition) is 4. The zero-order chi connectivity index (χ0) is 32.0. The molecule has 236 valence electrons. The Morgan fingerprint density at radius 2 is 1.86 bits per heavy atom. The van der Waals surface area contributed by atoms with Crippen molar-refractivity contribution in [2.45, 2.75) is 49.4 Å². The van der Waals surface area contributed by atoms with Crippen LogP contribution in [0.4, 0.5) is 4.39 Å². The Kier molecular flexibility index (Phi) is 10.5. The van der Waals surface area contributed by atoms with E-state index in [1.165, 1.54) is 23.0 Å². The molecule has 0 aliphatic heterocycles. The number of thiazole rings is 1. The number of ether oxygens (including phenoxy) is 2. The number of halogens is 1. The lowest BCUT2D eigenvalue weighted by atomic mass is 10.0. The number of fused-ring (bicyclic) bond motifs is 1. The lowest BCUT2D eigenvalue weighted by Gasteiger charge is -2.23. The largest absolute Gasteiger partial charge is 0.487 e. The molecule has 0 radical (unpaired) electrons. The molecule has 0 saturated carbocycles. The standard InChI is InChI=1S/C27H31FN6O8S2/c1-15(2)24(25(36)30-22(26(37)38)9-16-3-5-18(6-4-16)42-20(11-28)13-35)34-12-17(32-33-34)14-41-19-7-8-21-23(10-19)43-27(31-21)44(29,39)40/h3-8,10,12,15,20,22,24,35H,9,11,13-14H2,1-2H3,(H,30,36)(H,37,38)(H2,29,39,40)/t20?,22-,24+/m0/s1. The monoisotopic (exact) mass is 650 g/mol. The highest BCUT2D eigenvalue weighted by atomic mass is 32.2. The summed E-state index contributed by atoms with van der Waals surface area (Å²) in [6.45, 7) is 2.21. The quantitative estimate of drug-likeness (QED) is 0.146. The Hall–Kier alpha value is -4.19. The number of primary sulfonamides is 1. The Bertz CT molecular complexity index is 1710. The maximum Gasteiger partial charge on any atom is 0.326 e.